The van der Waals surface area contributed by atoms with Crippen molar-refractivity contribution >= 4 is 35.3 Å². The largest absolute Gasteiger partial charge is 0.497 e. The Bertz CT molecular complexity index is 712. The van der Waals surface area contributed by atoms with Crippen LogP contribution < -0.4 is 15.5 Å². The number of nitrogens with one attached hydrogen (secondary N) is 2. The Labute approximate surface area is 138 Å². The van der Waals surface area contributed by atoms with Crippen molar-refractivity contribution in [1.82, 2.24) is 5.43 Å². The lowest BCUT2D eigenvalue weighted by Crippen LogP contribution is -2.32. The van der Waals surface area contributed by atoms with Crippen molar-refractivity contribution in [3.8, 4) is 5.75 Å². The second-order valence-electron chi connectivity index (χ2n) is 4.43. The molecule has 0 spiro atoms. The molecule has 6 nitrogen and oxygen atoms in total. The van der Waals surface area contributed by atoms with Crippen LogP contribution in [0.3, 0.4) is 0 Å². The number of halogens is 1. The molecule has 0 saturated carbocycles. The first-order chi connectivity index (χ1) is 11.1. The second kappa shape index (κ2) is 7.95. The summed E-state index contributed by atoms with van der Waals surface area (Å²) in [5, 5.41) is 6.70. The maximum atomic E-state index is 11.7. The molecular weight excluding hydrogens is 318 g/mol. The maximum Gasteiger partial charge on any atom is 0.329 e. The average molecular weight is 332 g/mol. The number of carbonyl (C=O) groups is 2. The quantitative estimate of drug-likeness (QED) is 0.513. The Hall–Kier alpha value is -2.86. The monoisotopic (exact) mass is 331 g/mol. The third-order valence-corrected chi connectivity index (χ3v) is 3.06. The van der Waals surface area contributed by atoms with Gasteiger partial charge in [-0.2, -0.15) is 5.10 Å². The lowest BCUT2D eigenvalue weighted by Gasteiger charge is -2.03. The number of carbonyl (C=O) groups excluding carboxylic acids is 2. The molecule has 0 unspecified atom stereocenters. The van der Waals surface area contributed by atoms with Crippen LogP contribution in [0.5, 0.6) is 5.75 Å². The molecule has 2 aromatic carbocycles. The van der Waals surface area contributed by atoms with E-state index in [0.29, 0.717) is 16.5 Å². The van der Waals surface area contributed by atoms with E-state index in [1.807, 2.05) is 0 Å². The van der Waals surface area contributed by atoms with Crippen molar-refractivity contribution in [2.75, 3.05) is 12.4 Å². The summed E-state index contributed by atoms with van der Waals surface area (Å²) in [6.45, 7) is 0. The molecule has 0 heterocycles. The highest BCUT2D eigenvalue weighted by molar-refractivity contribution is 6.39. The van der Waals surface area contributed by atoms with Gasteiger partial charge in [-0.1, -0.05) is 11.6 Å². The number of hydrazone groups is 1. The topological polar surface area (TPSA) is 79.8 Å². The van der Waals surface area contributed by atoms with Crippen LogP contribution >= 0.6 is 11.6 Å². The van der Waals surface area contributed by atoms with Gasteiger partial charge in [0, 0.05) is 10.7 Å². The molecule has 0 aliphatic heterocycles. The van der Waals surface area contributed by atoms with Gasteiger partial charge in [0.2, 0.25) is 0 Å². The normalized spacial score (nSPS) is 10.3. The summed E-state index contributed by atoms with van der Waals surface area (Å²) in [5.41, 5.74) is 3.37. The number of nitrogens with zero attached hydrogens (tertiary/aromatic N) is 1. The zero-order chi connectivity index (χ0) is 16.7. The van der Waals surface area contributed by atoms with E-state index in [1.54, 1.807) is 55.6 Å². The van der Waals surface area contributed by atoms with Gasteiger partial charge in [0.15, 0.2) is 0 Å². The summed E-state index contributed by atoms with van der Waals surface area (Å²) < 4.78 is 5.03. The van der Waals surface area contributed by atoms with Crippen LogP contribution in [-0.4, -0.2) is 25.1 Å². The van der Waals surface area contributed by atoms with Crippen LogP contribution in [0.1, 0.15) is 5.56 Å². The number of methoxy groups -OCH3 is 1. The van der Waals surface area contributed by atoms with Gasteiger partial charge >= 0.3 is 11.8 Å². The fourth-order valence-electron chi connectivity index (χ4n) is 1.63. The van der Waals surface area contributed by atoms with E-state index < -0.39 is 11.8 Å². The van der Waals surface area contributed by atoms with Crippen molar-refractivity contribution in [3.05, 3.63) is 59.1 Å². The summed E-state index contributed by atoms with van der Waals surface area (Å²) in [5.74, 6) is -0.975. The summed E-state index contributed by atoms with van der Waals surface area (Å²) in [6, 6.07) is 13.5. The fraction of sp³-hybridized carbons (Fsp3) is 0.0625. The zero-order valence-corrected chi connectivity index (χ0v) is 13.0. The summed E-state index contributed by atoms with van der Waals surface area (Å²) in [6.07, 6.45) is 1.42. The summed E-state index contributed by atoms with van der Waals surface area (Å²) >= 11 is 5.74. The molecule has 0 bridgehead atoms. The van der Waals surface area contributed by atoms with Crippen molar-refractivity contribution < 1.29 is 14.3 Å². The molecule has 118 valence electrons. The van der Waals surface area contributed by atoms with Crippen molar-refractivity contribution in [3.63, 3.8) is 0 Å². The minimum Gasteiger partial charge on any atom is -0.497 e. The van der Waals surface area contributed by atoms with Crippen LogP contribution in [0.4, 0.5) is 5.69 Å². The number of hydrogen-bond acceptors (Lipinski definition) is 4. The second-order valence-corrected chi connectivity index (χ2v) is 4.87. The molecule has 2 rings (SSSR count). The zero-order valence-electron chi connectivity index (χ0n) is 12.2. The Morgan fingerprint density at radius 1 is 1.04 bits per heavy atom. The smallest absolute Gasteiger partial charge is 0.329 e. The molecule has 0 atom stereocenters. The standard InChI is InChI=1S/C16H14ClN3O3/c1-23-14-8-2-11(3-9-14)10-18-20-16(22)15(21)19-13-6-4-12(17)5-7-13/h2-10H,1H3,(H,19,21)(H,20,22)/b18-10-. The highest BCUT2D eigenvalue weighted by atomic mass is 35.5. The highest BCUT2D eigenvalue weighted by Crippen LogP contribution is 2.13. The number of amides is 2. The van der Waals surface area contributed by atoms with Gasteiger partial charge in [-0.3, -0.25) is 9.59 Å². The van der Waals surface area contributed by atoms with Crippen molar-refractivity contribution in [1.29, 1.82) is 0 Å². The molecule has 2 aromatic rings. The number of rotatable bonds is 4. The third kappa shape index (κ3) is 5.12. The molecule has 7 heteroatoms. The van der Waals surface area contributed by atoms with Crippen molar-refractivity contribution in [2.45, 2.75) is 0 Å². The molecule has 0 radical (unpaired) electrons. The SMILES string of the molecule is COc1ccc(/C=N\NC(=O)C(=O)Nc2ccc(Cl)cc2)cc1. The van der Waals surface area contributed by atoms with Gasteiger partial charge < -0.3 is 10.1 Å². The first kappa shape index (κ1) is 16.5. The van der Waals surface area contributed by atoms with Gasteiger partial charge in [0.1, 0.15) is 5.75 Å². The van der Waals surface area contributed by atoms with Gasteiger partial charge in [0.05, 0.1) is 13.3 Å². The average Bonchev–Trinajstić information content (AvgIpc) is 2.57. The lowest BCUT2D eigenvalue weighted by atomic mass is 10.2. The van der Waals surface area contributed by atoms with Gasteiger partial charge in [0.25, 0.3) is 0 Å². The van der Waals surface area contributed by atoms with Gasteiger partial charge in [-0.25, -0.2) is 5.43 Å². The fourth-order valence-corrected chi connectivity index (χ4v) is 1.75. The number of ether oxygens (including phenoxy) is 1. The molecule has 0 aromatic heterocycles. The number of benzene rings is 2. The van der Waals surface area contributed by atoms with Crippen LogP contribution in [0.2, 0.25) is 5.02 Å². The Morgan fingerprint density at radius 3 is 2.30 bits per heavy atom. The predicted octanol–water partition coefficient (Wildman–Crippen LogP) is 2.44. The first-order valence-corrected chi connectivity index (χ1v) is 7.00. The molecule has 0 fully saturated rings. The molecule has 0 aliphatic rings. The van der Waals surface area contributed by atoms with Crippen LogP contribution in [0, 0.1) is 0 Å². The number of anilines is 1. The van der Waals surface area contributed by atoms with E-state index in [9.17, 15) is 9.59 Å². The highest BCUT2D eigenvalue weighted by Gasteiger charge is 2.12. The van der Waals surface area contributed by atoms with Gasteiger partial charge in [-0.05, 0) is 54.1 Å². The minimum absolute atomic E-state index is 0.466. The molecule has 0 aliphatic carbocycles. The van der Waals surface area contributed by atoms with Crippen LogP contribution in [0.15, 0.2) is 53.6 Å². The lowest BCUT2D eigenvalue weighted by molar-refractivity contribution is -0.136. The van der Waals surface area contributed by atoms with E-state index in [4.69, 9.17) is 16.3 Å². The molecule has 2 amide bonds. The van der Waals surface area contributed by atoms with Crippen LogP contribution in [0.25, 0.3) is 0 Å². The van der Waals surface area contributed by atoms with Crippen LogP contribution in [-0.2, 0) is 9.59 Å². The van der Waals surface area contributed by atoms with Crippen molar-refractivity contribution in [2.24, 2.45) is 5.10 Å². The van der Waals surface area contributed by atoms with E-state index in [0.717, 1.165) is 5.56 Å². The summed E-state index contributed by atoms with van der Waals surface area (Å²) in [7, 11) is 1.57. The maximum absolute atomic E-state index is 11.7. The Balaban J connectivity index is 1.86. The molecule has 0 saturated heterocycles. The molecule has 23 heavy (non-hydrogen) atoms. The summed E-state index contributed by atoms with van der Waals surface area (Å²) in [4.78, 5) is 23.3. The van der Waals surface area contributed by atoms with Gasteiger partial charge in [-0.15, -0.1) is 0 Å². The van der Waals surface area contributed by atoms with E-state index in [2.05, 4.69) is 15.8 Å². The Kier molecular flexibility index (Phi) is 5.71. The first-order valence-electron chi connectivity index (χ1n) is 6.62. The predicted molar refractivity (Wildman–Crippen MR) is 88.8 cm³/mol. The van der Waals surface area contributed by atoms with E-state index in [1.165, 1.54) is 6.21 Å². The molecular formula is C16H14ClN3O3. The number of hydrogen-bond donors (Lipinski definition) is 2. The molecule has 2 N–H and O–H groups in total. The van der Waals surface area contributed by atoms with E-state index >= 15 is 0 Å². The Morgan fingerprint density at radius 2 is 1.70 bits per heavy atom. The van der Waals surface area contributed by atoms with E-state index in [-0.39, 0.29) is 0 Å². The third-order valence-electron chi connectivity index (χ3n) is 2.80. The minimum atomic E-state index is -0.871.